The van der Waals surface area contributed by atoms with E-state index in [1.165, 1.54) is 11.8 Å². The van der Waals surface area contributed by atoms with Crippen molar-refractivity contribution in [2.45, 2.75) is 4.90 Å². The first kappa shape index (κ1) is 12.8. The van der Waals surface area contributed by atoms with Crippen LogP contribution in [0.3, 0.4) is 0 Å². The number of rotatable bonds is 5. The highest BCUT2D eigenvalue weighted by Crippen LogP contribution is 2.25. The van der Waals surface area contributed by atoms with Crippen LogP contribution in [0.1, 0.15) is 0 Å². The van der Waals surface area contributed by atoms with Crippen LogP contribution in [0.25, 0.3) is 0 Å². The van der Waals surface area contributed by atoms with Gasteiger partial charge < -0.3 is 0 Å². The molecule has 0 saturated carbocycles. The molecule has 0 aliphatic heterocycles. The van der Waals surface area contributed by atoms with Gasteiger partial charge in [-0.2, -0.15) is 0 Å². The van der Waals surface area contributed by atoms with Gasteiger partial charge in [-0.1, -0.05) is 23.7 Å². The molecule has 15 heavy (non-hydrogen) atoms. The van der Waals surface area contributed by atoms with E-state index in [0.29, 0.717) is 17.3 Å². The number of halogens is 1. The van der Waals surface area contributed by atoms with Crippen LogP contribution in [0.15, 0.2) is 29.2 Å². The number of nitrogens with one attached hydrogen (secondary N) is 1. The third-order valence-electron chi connectivity index (χ3n) is 1.56. The predicted molar refractivity (Wildman–Crippen MR) is 65.0 cm³/mol. The van der Waals surface area contributed by atoms with Crippen molar-refractivity contribution in [2.24, 2.45) is 0 Å². The standard InChI is InChI=1S/C9H12ClNO2S2/c1-15(12,13)11-6-7-14-9-5-3-2-4-8(9)10/h2-5,11H,6-7H2,1H3. The molecule has 0 saturated heterocycles. The average molecular weight is 266 g/mol. The fourth-order valence-electron chi connectivity index (χ4n) is 0.950. The Morgan fingerprint density at radius 2 is 2.07 bits per heavy atom. The van der Waals surface area contributed by atoms with E-state index < -0.39 is 10.0 Å². The van der Waals surface area contributed by atoms with Crippen molar-refractivity contribution in [1.29, 1.82) is 0 Å². The Labute approximate surface area is 99.3 Å². The first-order valence-electron chi connectivity index (χ1n) is 4.31. The van der Waals surface area contributed by atoms with Crippen LogP contribution < -0.4 is 4.72 Å². The summed E-state index contributed by atoms with van der Waals surface area (Å²) in [7, 11) is -3.08. The summed E-state index contributed by atoms with van der Waals surface area (Å²) < 4.78 is 23.9. The van der Waals surface area contributed by atoms with Gasteiger partial charge in [0.2, 0.25) is 10.0 Å². The fraction of sp³-hybridized carbons (Fsp3) is 0.333. The molecule has 0 unspecified atom stereocenters. The summed E-state index contributed by atoms with van der Waals surface area (Å²) in [5, 5.41) is 0.696. The maximum atomic E-state index is 10.8. The van der Waals surface area contributed by atoms with E-state index in [4.69, 9.17) is 11.6 Å². The molecule has 0 amide bonds. The number of thioether (sulfide) groups is 1. The lowest BCUT2D eigenvalue weighted by Crippen LogP contribution is -2.24. The first-order chi connectivity index (χ1) is 6.99. The lowest BCUT2D eigenvalue weighted by Gasteiger charge is -2.04. The van der Waals surface area contributed by atoms with Crippen LogP contribution in [-0.2, 0) is 10.0 Å². The van der Waals surface area contributed by atoms with Crippen molar-refractivity contribution in [2.75, 3.05) is 18.6 Å². The molecule has 0 aliphatic rings. The second-order valence-electron chi connectivity index (χ2n) is 2.95. The summed E-state index contributed by atoms with van der Waals surface area (Å²) in [6, 6.07) is 7.49. The molecule has 1 N–H and O–H groups in total. The van der Waals surface area contributed by atoms with Gasteiger partial charge in [0.05, 0.1) is 11.3 Å². The highest BCUT2D eigenvalue weighted by Gasteiger charge is 2.01. The third-order valence-corrected chi connectivity index (χ3v) is 3.81. The number of hydrogen-bond acceptors (Lipinski definition) is 3. The largest absolute Gasteiger partial charge is 0.215 e. The summed E-state index contributed by atoms with van der Waals surface area (Å²) in [6.07, 6.45) is 1.15. The molecule has 1 aromatic rings. The van der Waals surface area contributed by atoms with Gasteiger partial charge >= 0.3 is 0 Å². The molecule has 6 heteroatoms. The van der Waals surface area contributed by atoms with Crippen molar-refractivity contribution in [3.05, 3.63) is 29.3 Å². The van der Waals surface area contributed by atoms with Gasteiger partial charge in [-0.05, 0) is 12.1 Å². The minimum Gasteiger partial charge on any atom is -0.215 e. The minimum absolute atomic E-state index is 0.411. The molecule has 1 rings (SSSR count). The van der Waals surface area contributed by atoms with E-state index >= 15 is 0 Å². The molecule has 0 aromatic heterocycles. The molecular formula is C9H12ClNO2S2. The normalized spacial score (nSPS) is 11.6. The second kappa shape index (κ2) is 5.75. The number of hydrogen-bond donors (Lipinski definition) is 1. The topological polar surface area (TPSA) is 46.2 Å². The van der Waals surface area contributed by atoms with Crippen LogP contribution in [0.4, 0.5) is 0 Å². The highest BCUT2D eigenvalue weighted by atomic mass is 35.5. The van der Waals surface area contributed by atoms with E-state index in [1.807, 2.05) is 24.3 Å². The fourth-order valence-corrected chi connectivity index (χ4v) is 2.66. The zero-order chi connectivity index (χ0) is 11.3. The molecule has 0 fully saturated rings. The minimum atomic E-state index is -3.08. The predicted octanol–water partition coefficient (Wildman–Crippen LogP) is 1.98. The molecule has 3 nitrogen and oxygen atoms in total. The van der Waals surface area contributed by atoms with Gasteiger partial charge in [0.25, 0.3) is 0 Å². The van der Waals surface area contributed by atoms with Crippen LogP contribution in [-0.4, -0.2) is 27.0 Å². The number of benzene rings is 1. The molecule has 0 atom stereocenters. The van der Waals surface area contributed by atoms with E-state index in [0.717, 1.165) is 11.2 Å². The zero-order valence-corrected chi connectivity index (χ0v) is 10.6. The van der Waals surface area contributed by atoms with Crippen LogP contribution in [0, 0.1) is 0 Å². The van der Waals surface area contributed by atoms with E-state index in [2.05, 4.69) is 4.72 Å². The van der Waals surface area contributed by atoms with Gasteiger partial charge in [0, 0.05) is 17.2 Å². The van der Waals surface area contributed by atoms with Gasteiger partial charge in [-0.3, -0.25) is 0 Å². The van der Waals surface area contributed by atoms with Crippen molar-refractivity contribution in [3.8, 4) is 0 Å². The van der Waals surface area contributed by atoms with Gasteiger partial charge in [0.1, 0.15) is 0 Å². The molecular weight excluding hydrogens is 254 g/mol. The Morgan fingerprint density at radius 3 is 2.67 bits per heavy atom. The van der Waals surface area contributed by atoms with E-state index in [9.17, 15) is 8.42 Å². The Kier molecular flexibility index (Phi) is 4.92. The summed E-state index contributed by atoms with van der Waals surface area (Å²) in [4.78, 5) is 0.967. The maximum absolute atomic E-state index is 10.8. The van der Waals surface area contributed by atoms with Crippen LogP contribution in [0.5, 0.6) is 0 Å². The molecule has 0 radical (unpaired) electrons. The van der Waals surface area contributed by atoms with Crippen molar-refractivity contribution in [1.82, 2.24) is 4.72 Å². The van der Waals surface area contributed by atoms with Crippen LogP contribution >= 0.6 is 23.4 Å². The molecule has 0 bridgehead atoms. The zero-order valence-electron chi connectivity index (χ0n) is 8.23. The Morgan fingerprint density at radius 1 is 1.40 bits per heavy atom. The van der Waals surface area contributed by atoms with Crippen LogP contribution in [0.2, 0.25) is 5.02 Å². The van der Waals surface area contributed by atoms with Gasteiger partial charge in [0.15, 0.2) is 0 Å². The molecule has 0 heterocycles. The summed E-state index contributed by atoms with van der Waals surface area (Å²) in [5.74, 6) is 0.663. The molecule has 84 valence electrons. The maximum Gasteiger partial charge on any atom is 0.208 e. The molecule has 1 aromatic carbocycles. The van der Waals surface area contributed by atoms with E-state index in [1.54, 1.807) is 0 Å². The molecule has 0 aliphatic carbocycles. The lowest BCUT2D eigenvalue weighted by molar-refractivity contribution is 0.590. The quantitative estimate of drug-likeness (QED) is 0.654. The SMILES string of the molecule is CS(=O)(=O)NCCSc1ccccc1Cl. The average Bonchev–Trinajstić information content (AvgIpc) is 2.13. The second-order valence-corrected chi connectivity index (χ2v) is 6.32. The third kappa shape index (κ3) is 5.41. The first-order valence-corrected chi connectivity index (χ1v) is 7.56. The summed E-state index contributed by atoms with van der Waals surface area (Å²) >= 11 is 7.46. The van der Waals surface area contributed by atoms with E-state index in [-0.39, 0.29) is 0 Å². The Bertz CT molecular complexity index is 420. The Hall–Kier alpha value is -0.230. The monoisotopic (exact) mass is 265 g/mol. The van der Waals surface area contributed by atoms with Gasteiger partial charge in [-0.25, -0.2) is 13.1 Å². The van der Waals surface area contributed by atoms with Crippen molar-refractivity contribution < 1.29 is 8.42 Å². The number of sulfonamides is 1. The lowest BCUT2D eigenvalue weighted by atomic mass is 10.4. The summed E-state index contributed by atoms with van der Waals surface area (Å²) in [6.45, 7) is 0.411. The van der Waals surface area contributed by atoms with Crippen molar-refractivity contribution in [3.63, 3.8) is 0 Å². The molecule has 0 spiro atoms. The smallest absolute Gasteiger partial charge is 0.208 e. The van der Waals surface area contributed by atoms with Gasteiger partial charge in [-0.15, -0.1) is 11.8 Å². The Balaban J connectivity index is 2.36. The summed E-state index contributed by atoms with van der Waals surface area (Å²) in [5.41, 5.74) is 0. The van der Waals surface area contributed by atoms with Crippen molar-refractivity contribution >= 4 is 33.4 Å². The highest BCUT2D eigenvalue weighted by molar-refractivity contribution is 7.99.